The highest BCUT2D eigenvalue weighted by molar-refractivity contribution is 7.17. The van der Waals surface area contributed by atoms with Crippen LogP contribution in [0.15, 0.2) is 23.6 Å². The van der Waals surface area contributed by atoms with Crippen molar-refractivity contribution in [1.82, 2.24) is 10.2 Å². The van der Waals surface area contributed by atoms with E-state index in [2.05, 4.69) is 10.2 Å². The fourth-order valence-corrected chi connectivity index (χ4v) is 3.29. The van der Waals surface area contributed by atoms with Gasteiger partial charge in [-0.25, -0.2) is 4.39 Å². The summed E-state index contributed by atoms with van der Waals surface area (Å²) >= 11 is 1.52. The van der Waals surface area contributed by atoms with Crippen LogP contribution in [0.3, 0.4) is 0 Å². The third kappa shape index (κ3) is 2.79. The molecular weight excluding hydrogens is 263 g/mol. The van der Waals surface area contributed by atoms with Crippen molar-refractivity contribution in [3.8, 4) is 0 Å². The van der Waals surface area contributed by atoms with Crippen molar-refractivity contribution in [3.05, 3.63) is 35.0 Å². The van der Waals surface area contributed by atoms with Crippen LogP contribution < -0.4 is 5.32 Å². The summed E-state index contributed by atoms with van der Waals surface area (Å²) in [5.74, 6) is -0.308. The van der Waals surface area contributed by atoms with Crippen LogP contribution in [0.2, 0.25) is 0 Å². The third-order valence-electron chi connectivity index (χ3n) is 3.57. The number of β-amino-alcohol motifs (C(OH)–C–C–N with tert-alkyl or cyclic N) is 1. The van der Waals surface area contributed by atoms with Crippen LogP contribution in [0.5, 0.6) is 0 Å². The highest BCUT2D eigenvalue weighted by atomic mass is 32.1. The van der Waals surface area contributed by atoms with E-state index in [0.717, 1.165) is 36.3 Å². The van der Waals surface area contributed by atoms with E-state index in [0.29, 0.717) is 12.1 Å². The van der Waals surface area contributed by atoms with E-state index in [1.807, 2.05) is 11.4 Å². The van der Waals surface area contributed by atoms with Crippen molar-refractivity contribution in [2.45, 2.75) is 6.10 Å². The van der Waals surface area contributed by atoms with Crippen LogP contribution >= 0.6 is 11.3 Å². The Labute approximate surface area is 115 Å². The molecule has 1 atom stereocenters. The van der Waals surface area contributed by atoms with Crippen molar-refractivity contribution < 1.29 is 9.50 Å². The third-order valence-corrected chi connectivity index (χ3v) is 4.45. The summed E-state index contributed by atoms with van der Waals surface area (Å²) in [6.45, 7) is 4.16. The van der Waals surface area contributed by atoms with E-state index >= 15 is 0 Å². The van der Waals surface area contributed by atoms with Crippen LogP contribution in [0.25, 0.3) is 10.1 Å². The number of nitrogens with one attached hydrogen (secondary N) is 1. The maximum atomic E-state index is 14.0. The predicted octanol–water partition coefficient (Wildman–Crippen LogP) is 1.98. The molecule has 102 valence electrons. The average molecular weight is 280 g/mol. The highest BCUT2D eigenvalue weighted by Crippen LogP contribution is 2.27. The predicted molar refractivity (Wildman–Crippen MR) is 76.1 cm³/mol. The maximum absolute atomic E-state index is 14.0. The zero-order valence-corrected chi connectivity index (χ0v) is 11.4. The van der Waals surface area contributed by atoms with Gasteiger partial charge in [-0.15, -0.1) is 11.3 Å². The Bertz CT molecular complexity index is 566. The van der Waals surface area contributed by atoms with Gasteiger partial charge in [-0.2, -0.15) is 0 Å². The molecule has 3 nitrogen and oxygen atoms in total. The minimum Gasteiger partial charge on any atom is -0.387 e. The van der Waals surface area contributed by atoms with E-state index < -0.39 is 6.10 Å². The van der Waals surface area contributed by atoms with E-state index in [-0.39, 0.29) is 5.82 Å². The number of thiophene rings is 1. The van der Waals surface area contributed by atoms with Crippen LogP contribution in [0.1, 0.15) is 11.7 Å². The van der Waals surface area contributed by atoms with E-state index in [1.54, 1.807) is 6.07 Å². The fraction of sp³-hybridized carbons (Fsp3) is 0.429. The average Bonchev–Trinajstić information content (AvgIpc) is 2.86. The van der Waals surface area contributed by atoms with Gasteiger partial charge in [-0.3, -0.25) is 4.90 Å². The summed E-state index contributed by atoms with van der Waals surface area (Å²) < 4.78 is 14.9. The second-order valence-electron chi connectivity index (χ2n) is 4.90. The Kier molecular flexibility index (Phi) is 3.79. The quantitative estimate of drug-likeness (QED) is 0.902. The second kappa shape index (κ2) is 5.54. The van der Waals surface area contributed by atoms with Gasteiger partial charge >= 0.3 is 0 Å². The highest BCUT2D eigenvalue weighted by Gasteiger charge is 2.19. The number of aliphatic hydroxyl groups excluding tert-OH is 1. The minimum absolute atomic E-state index is 0.308. The number of hydrogen-bond acceptors (Lipinski definition) is 4. The van der Waals surface area contributed by atoms with Gasteiger partial charge in [0.15, 0.2) is 0 Å². The monoisotopic (exact) mass is 280 g/mol. The smallest absolute Gasteiger partial charge is 0.130 e. The lowest BCUT2D eigenvalue weighted by atomic mass is 10.1. The molecule has 1 aromatic carbocycles. The van der Waals surface area contributed by atoms with Crippen LogP contribution in [-0.4, -0.2) is 42.7 Å². The number of rotatable bonds is 3. The number of piperazine rings is 1. The van der Waals surface area contributed by atoms with Crippen molar-refractivity contribution in [2.75, 3.05) is 32.7 Å². The van der Waals surface area contributed by atoms with Crippen molar-refractivity contribution in [2.24, 2.45) is 0 Å². The number of aliphatic hydroxyl groups is 1. The first-order valence-electron chi connectivity index (χ1n) is 6.52. The Hall–Kier alpha value is -1.01. The minimum atomic E-state index is -0.762. The molecule has 1 unspecified atom stereocenters. The van der Waals surface area contributed by atoms with Crippen LogP contribution in [0.4, 0.5) is 4.39 Å². The standard InChI is InChI=1S/C14H17FN2OS/c15-12-8-14-10(1-6-19-14)7-11(12)13(18)9-17-4-2-16-3-5-17/h1,6-8,13,16,18H,2-5,9H2. The van der Waals surface area contributed by atoms with Gasteiger partial charge in [0.1, 0.15) is 5.82 Å². The first-order chi connectivity index (χ1) is 9.24. The zero-order chi connectivity index (χ0) is 13.2. The van der Waals surface area contributed by atoms with Crippen molar-refractivity contribution in [3.63, 3.8) is 0 Å². The molecule has 1 aromatic heterocycles. The molecule has 1 fully saturated rings. The molecule has 2 heterocycles. The van der Waals surface area contributed by atoms with Crippen molar-refractivity contribution >= 4 is 21.4 Å². The van der Waals surface area contributed by atoms with E-state index in [1.165, 1.54) is 17.4 Å². The van der Waals surface area contributed by atoms with Gasteiger partial charge in [0.05, 0.1) is 6.10 Å². The normalized spacial score (nSPS) is 18.8. The fourth-order valence-electron chi connectivity index (χ4n) is 2.49. The van der Waals surface area contributed by atoms with E-state index in [9.17, 15) is 9.50 Å². The Morgan fingerprint density at radius 2 is 2.16 bits per heavy atom. The molecule has 0 spiro atoms. The van der Waals surface area contributed by atoms with Gasteiger partial charge in [0.2, 0.25) is 0 Å². The number of nitrogens with zero attached hydrogens (tertiary/aromatic N) is 1. The molecule has 0 aliphatic carbocycles. The number of halogens is 1. The molecule has 3 rings (SSSR count). The molecular formula is C14H17FN2OS. The van der Waals surface area contributed by atoms with Gasteiger partial charge < -0.3 is 10.4 Å². The lowest BCUT2D eigenvalue weighted by Gasteiger charge is -2.29. The second-order valence-corrected chi connectivity index (χ2v) is 5.85. The summed E-state index contributed by atoms with van der Waals surface area (Å²) in [5.41, 5.74) is 0.407. The van der Waals surface area contributed by atoms with Gasteiger partial charge in [-0.05, 0) is 29.0 Å². The molecule has 1 saturated heterocycles. The number of fused-ring (bicyclic) bond motifs is 1. The lowest BCUT2D eigenvalue weighted by Crippen LogP contribution is -2.45. The SMILES string of the molecule is OC(CN1CCNCC1)c1cc2ccsc2cc1F. The Balaban J connectivity index is 1.79. The molecule has 1 aliphatic heterocycles. The summed E-state index contributed by atoms with van der Waals surface area (Å²) in [7, 11) is 0. The topological polar surface area (TPSA) is 35.5 Å². The molecule has 0 saturated carbocycles. The van der Waals surface area contributed by atoms with Gasteiger partial charge in [-0.1, -0.05) is 0 Å². The number of benzene rings is 1. The molecule has 0 amide bonds. The largest absolute Gasteiger partial charge is 0.387 e. The summed E-state index contributed by atoms with van der Waals surface area (Å²) in [6.07, 6.45) is -0.762. The maximum Gasteiger partial charge on any atom is 0.130 e. The molecule has 2 N–H and O–H groups in total. The lowest BCUT2D eigenvalue weighted by molar-refractivity contribution is 0.103. The molecule has 0 bridgehead atoms. The summed E-state index contributed by atoms with van der Waals surface area (Å²) in [4.78, 5) is 2.17. The first kappa shape index (κ1) is 13.0. The van der Waals surface area contributed by atoms with Gasteiger partial charge in [0.25, 0.3) is 0 Å². The first-order valence-corrected chi connectivity index (χ1v) is 7.40. The molecule has 1 aliphatic rings. The number of hydrogen-bond donors (Lipinski definition) is 2. The summed E-state index contributed by atoms with van der Waals surface area (Å²) in [6, 6.07) is 5.25. The van der Waals surface area contributed by atoms with E-state index in [4.69, 9.17) is 0 Å². The summed E-state index contributed by atoms with van der Waals surface area (Å²) in [5, 5.41) is 16.5. The Morgan fingerprint density at radius 3 is 2.95 bits per heavy atom. The zero-order valence-electron chi connectivity index (χ0n) is 10.6. The van der Waals surface area contributed by atoms with Gasteiger partial charge in [0, 0.05) is 43.0 Å². The molecule has 0 radical (unpaired) electrons. The molecule has 5 heteroatoms. The molecule has 2 aromatic rings. The van der Waals surface area contributed by atoms with Crippen molar-refractivity contribution in [1.29, 1.82) is 0 Å². The Morgan fingerprint density at radius 1 is 1.37 bits per heavy atom. The van der Waals surface area contributed by atoms with Crippen LogP contribution in [-0.2, 0) is 0 Å². The molecule has 19 heavy (non-hydrogen) atoms. The van der Waals surface area contributed by atoms with Crippen LogP contribution in [0, 0.1) is 5.82 Å².